The summed E-state index contributed by atoms with van der Waals surface area (Å²) in [4.78, 5) is 35.8. The molecular weight excluding hydrogens is 392 g/mol. The molecule has 2 unspecified atom stereocenters. The van der Waals surface area contributed by atoms with Gasteiger partial charge in [0.15, 0.2) is 6.61 Å². The number of rotatable bonds is 8. The van der Waals surface area contributed by atoms with Gasteiger partial charge in [-0.05, 0) is 37.1 Å². The van der Waals surface area contributed by atoms with Gasteiger partial charge in [0.05, 0.1) is 18.5 Å². The van der Waals surface area contributed by atoms with E-state index in [1.165, 1.54) is 6.92 Å². The first-order valence-electron chi connectivity index (χ1n) is 9.28. The maximum Gasteiger partial charge on any atom is 0.308 e. The third-order valence-electron chi connectivity index (χ3n) is 4.34. The van der Waals surface area contributed by atoms with E-state index in [0.29, 0.717) is 5.02 Å². The highest BCUT2D eigenvalue weighted by Gasteiger charge is 2.19. The Morgan fingerprint density at radius 1 is 0.966 bits per heavy atom. The third-order valence-corrected chi connectivity index (χ3v) is 4.59. The summed E-state index contributed by atoms with van der Waals surface area (Å²) >= 11 is 5.86. The minimum absolute atomic E-state index is 0.0668. The molecule has 0 heterocycles. The van der Waals surface area contributed by atoms with Crippen LogP contribution in [0.2, 0.25) is 5.02 Å². The van der Waals surface area contributed by atoms with E-state index in [-0.39, 0.29) is 18.4 Å². The predicted octanol–water partition coefficient (Wildman–Crippen LogP) is 3.64. The average molecular weight is 417 g/mol. The molecule has 0 aliphatic carbocycles. The van der Waals surface area contributed by atoms with Gasteiger partial charge in [-0.3, -0.25) is 14.4 Å². The molecule has 0 saturated carbocycles. The SMILES string of the molecule is CC(=O)NC(CC(=O)OCC(=O)NC(C)c1ccc(Cl)cc1)c1ccc(C)cc1. The summed E-state index contributed by atoms with van der Waals surface area (Å²) in [5.41, 5.74) is 2.76. The van der Waals surface area contributed by atoms with Crippen molar-refractivity contribution in [1.29, 1.82) is 0 Å². The van der Waals surface area contributed by atoms with Gasteiger partial charge in [0, 0.05) is 11.9 Å². The molecule has 0 aliphatic rings. The minimum Gasteiger partial charge on any atom is -0.456 e. The highest BCUT2D eigenvalue weighted by molar-refractivity contribution is 6.30. The number of carbonyl (C=O) groups is 3. The molecule has 154 valence electrons. The van der Waals surface area contributed by atoms with E-state index in [1.807, 2.05) is 50.2 Å². The monoisotopic (exact) mass is 416 g/mol. The number of aryl methyl sites for hydroxylation is 1. The Labute approximate surface area is 175 Å². The molecule has 6 nitrogen and oxygen atoms in total. The first-order valence-corrected chi connectivity index (χ1v) is 9.66. The lowest BCUT2D eigenvalue weighted by atomic mass is 10.0. The summed E-state index contributed by atoms with van der Waals surface area (Å²) in [7, 11) is 0. The van der Waals surface area contributed by atoms with Crippen molar-refractivity contribution in [2.24, 2.45) is 0 Å². The van der Waals surface area contributed by atoms with E-state index in [9.17, 15) is 14.4 Å². The van der Waals surface area contributed by atoms with E-state index in [2.05, 4.69) is 10.6 Å². The van der Waals surface area contributed by atoms with E-state index in [1.54, 1.807) is 12.1 Å². The van der Waals surface area contributed by atoms with Crippen molar-refractivity contribution in [2.75, 3.05) is 6.61 Å². The van der Waals surface area contributed by atoms with Crippen LogP contribution in [0.25, 0.3) is 0 Å². The fourth-order valence-electron chi connectivity index (χ4n) is 2.79. The van der Waals surface area contributed by atoms with Crippen LogP contribution in [-0.2, 0) is 19.1 Å². The lowest BCUT2D eigenvalue weighted by Gasteiger charge is -2.18. The number of hydrogen-bond acceptors (Lipinski definition) is 4. The van der Waals surface area contributed by atoms with Crippen LogP contribution in [0.4, 0.5) is 0 Å². The molecule has 7 heteroatoms. The van der Waals surface area contributed by atoms with Crippen LogP contribution < -0.4 is 10.6 Å². The molecule has 2 amide bonds. The molecule has 2 aromatic rings. The zero-order valence-electron chi connectivity index (χ0n) is 16.7. The standard InChI is InChI=1S/C22H25ClN2O4/c1-14-4-6-18(7-5-14)20(25-16(3)26)12-22(28)29-13-21(27)24-15(2)17-8-10-19(23)11-9-17/h4-11,15,20H,12-13H2,1-3H3,(H,24,27)(H,25,26). The largest absolute Gasteiger partial charge is 0.456 e. The number of amides is 2. The van der Waals surface area contributed by atoms with Crippen LogP contribution in [-0.4, -0.2) is 24.4 Å². The van der Waals surface area contributed by atoms with Crippen LogP contribution >= 0.6 is 11.6 Å². The molecule has 2 aromatic carbocycles. The van der Waals surface area contributed by atoms with Crippen LogP contribution in [0.5, 0.6) is 0 Å². The van der Waals surface area contributed by atoms with Crippen molar-refractivity contribution in [3.63, 3.8) is 0 Å². The van der Waals surface area contributed by atoms with Gasteiger partial charge in [0.25, 0.3) is 5.91 Å². The van der Waals surface area contributed by atoms with Gasteiger partial charge >= 0.3 is 5.97 Å². The fraction of sp³-hybridized carbons (Fsp3) is 0.318. The van der Waals surface area contributed by atoms with Crippen molar-refractivity contribution in [3.8, 4) is 0 Å². The Morgan fingerprint density at radius 2 is 1.55 bits per heavy atom. The highest BCUT2D eigenvalue weighted by atomic mass is 35.5. The van der Waals surface area contributed by atoms with Crippen LogP contribution in [0.15, 0.2) is 48.5 Å². The molecule has 2 N–H and O–H groups in total. The smallest absolute Gasteiger partial charge is 0.308 e. The molecule has 2 atom stereocenters. The van der Waals surface area contributed by atoms with Crippen LogP contribution in [0.3, 0.4) is 0 Å². The number of hydrogen-bond donors (Lipinski definition) is 2. The predicted molar refractivity (Wildman–Crippen MR) is 111 cm³/mol. The number of benzene rings is 2. The van der Waals surface area contributed by atoms with Crippen molar-refractivity contribution < 1.29 is 19.1 Å². The molecule has 2 rings (SSSR count). The summed E-state index contributed by atoms with van der Waals surface area (Å²) < 4.78 is 5.09. The zero-order valence-corrected chi connectivity index (χ0v) is 17.5. The second kappa shape index (κ2) is 10.6. The Balaban J connectivity index is 1.87. The first-order chi connectivity index (χ1) is 13.7. The number of esters is 1. The highest BCUT2D eigenvalue weighted by Crippen LogP contribution is 2.19. The summed E-state index contributed by atoms with van der Waals surface area (Å²) in [5.74, 6) is -1.23. The normalized spacial score (nSPS) is 12.6. The van der Waals surface area contributed by atoms with Crippen LogP contribution in [0.1, 0.15) is 49.0 Å². The molecule has 0 saturated heterocycles. The summed E-state index contributed by atoms with van der Waals surface area (Å²) in [6.07, 6.45) is -0.0668. The Hall–Kier alpha value is -2.86. The Morgan fingerprint density at radius 3 is 2.14 bits per heavy atom. The average Bonchev–Trinajstić information content (AvgIpc) is 2.66. The second-order valence-electron chi connectivity index (χ2n) is 6.87. The molecule has 0 bridgehead atoms. The van der Waals surface area contributed by atoms with Crippen molar-refractivity contribution in [2.45, 2.75) is 39.3 Å². The molecule has 0 fully saturated rings. The van der Waals surface area contributed by atoms with E-state index >= 15 is 0 Å². The minimum atomic E-state index is -0.571. The maximum absolute atomic E-state index is 12.2. The van der Waals surface area contributed by atoms with Gasteiger partial charge in [0.1, 0.15) is 0 Å². The molecule has 0 radical (unpaired) electrons. The molecule has 29 heavy (non-hydrogen) atoms. The van der Waals surface area contributed by atoms with Gasteiger partial charge in [-0.25, -0.2) is 0 Å². The molecule has 0 aliphatic heterocycles. The van der Waals surface area contributed by atoms with E-state index < -0.39 is 24.5 Å². The zero-order chi connectivity index (χ0) is 21.4. The van der Waals surface area contributed by atoms with Gasteiger partial charge in [-0.15, -0.1) is 0 Å². The fourth-order valence-corrected chi connectivity index (χ4v) is 2.91. The number of halogens is 1. The van der Waals surface area contributed by atoms with Crippen molar-refractivity contribution >= 4 is 29.4 Å². The van der Waals surface area contributed by atoms with Gasteiger partial charge < -0.3 is 15.4 Å². The van der Waals surface area contributed by atoms with Crippen molar-refractivity contribution in [1.82, 2.24) is 10.6 Å². The first kappa shape index (κ1) is 22.4. The molecule has 0 aromatic heterocycles. The summed E-state index contributed by atoms with van der Waals surface area (Å²) in [6.45, 7) is 4.78. The second-order valence-corrected chi connectivity index (χ2v) is 7.31. The van der Waals surface area contributed by atoms with E-state index in [4.69, 9.17) is 16.3 Å². The Kier molecular flexibility index (Phi) is 8.21. The lowest BCUT2D eigenvalue weighted by molar-refractivity contribution is -0.149. The Bertz CT molecular complexity index is 850. The van der Waals surface area contributed by atoms with Crippen molar-refractivity contribution in [3.05, 3.63) is 70.2 Å². The topological polar surface area (TPSA) is 84.5 Å². The maximum atomic E-state index is 12.2. The quantitative estimate of drug-likeness (QED) is 0.643. The summed E-state index contributed by atoms with van der Waals surface area (Å²) in [5, 5.41) is 6.12. The van der Waals surface area contributed by atoms with E-state index in [0.717, 1.165) is 16.7 Å². The number of ether oxygens (including phenoxy) is 1. The summed E-state index contributed by atoms with van der Waals surface area (Å²) in [6, 6.07) is 13.9. The third kappa shape index (κ3) is 7.58. The molecule has 0 spiro atoms. The number of carbonyl (C=O) groups excluding carboxylic acids is 3. The van der Waals surface area contributed by atoms with Gasteiger partial charge in [-0.2, -0.15) is 0 Å². The van der Waals surface area contributed by atoms with Gasteiger partial charge in [-0.1, -0.05) is 53.6 Å². The van der Waals surface area contributed by atoms with Gasteiger partial charge in [0.2, 0.25) is 5.91 Å². The lowest BCUT2D eigenvalue weighted by Crippen LogP contribution is -2.32. The number of nitrogens with one attached hydrogen (secondary N) is 2. The van der Waals surface area contributed by atoms with Crippen LogP contribution in [0, 0.1) is 6.92 Å². The molecular formula is C22H25ClN2O4.